The van der Waals surface area contributed by atoms with Crippen molar-refractivity contribution in [1.82, 2.24) is 29.4 Å². The fourth-order valence-corrected chi connectivity index (χ4v) is 5.58. The first kappa shape index (κ1) is 27.8. The lowest BCUT2D eigenvalue weighted by atomic mass is 9.90. The van der Waals surface area contributed by atoms with E-state index in [4.69, 9.17) is 20.2 Å². The van der Waals surface area contributed by atoms with E-state index >= 15 is 0 Å². The quantitative estimate of drug-likeness (QED) is 0.171. The summed E-state index contributed by atoms with van der Waals surface area (Å²) in [5.74, 6) is 0. The molecule has 4 N–H and O–H groups in total. The Kier molecular flexibility index (Phi) is 8.12. The Morgan fingerprint density at radius 2 is 1.00 bits per heavy atom. The maximum absolute atomic E-state index is 9.05. The summed E-state index contributed by atoms with van der Waals surface area (Å²) >= 11 is 0. The van der Waals surface area contributed by atoms with Crippen LogP contribution in [0.1, 0.15) is 22.3 Å². The third-order valence-electron chi connectivity index (χ3n) is 7.77. The molecule has 8 nitrogen and oxygen atoms in total. The minimum atomic E-state index is 0.125. The summed E-state index contributed by atoms with van der Waals surface area (Å²) in [6.07, 6.45) is 8.36. The lowest BCUT2D eigenvalue weighted by Gasteiger charge is -2.14. The molecule has 2 aromatic carbocycles. The summed E-state index contributed by atoms with van der Waals surface area (Å²) in [5.41, 5.74) is 12.9. The summed E-state index contributed by atoms with van der Waals surface area (Å²) in [7, 11) is 0. The van der Waals surface area contributed by atoms with Crippen molar-refractivity contribution in [1.29, 1.82) is 0 Å². The molecular formula is C34H36N6O2. The Morgan fingerprint density at radius 1 is 0.571 bits per heavy atom. The van der Waals surface area contributed by atoms with E-state index in [2.05, 4.69) is 107 Å². The van der Waals surface area contributed by atoms with Gasteiger partial charge in [-0.15, -0.1) is 0 Å². The van der Waals surface area contributed by atoms with E-state index in [9.17, 15) is 0 Å². The van der Waals surface area contributed by atoms with Gasteiger partial charge in [0.05, 0.1) is 24.6 Å². The van der Waals surface area contributed by atoms with Crippen molar-refractivity contribution in [3.05, 3.63) is 108 Å². The topological polar surface area (TPSA) is 99.1 Å². The minimum absolute atomic E-state index is 0.125. The second-order valence-corrected chi connectivity index (χ2v) is 10.6. The van der Waals surface area contributed by atoms with Crippen LogP contribution in [0, 0.1) is 13.8 Å². The first-order chi connectivity index (χ1) is 20.6. The number of hydrogen-bond donors (Lipinski definition) is 4. The number of aliphatic hydroxyl groups is 2. The number of hydrogen-bond acceptors (Lipinski definition) is 6. The zero-order valence-electron chi connectivity index (χ0n) is 24.0. The Morgan fingerprint density at radius 3 is 1.43 bits per heavy atom. The first-order valence-corrected chi connectivity index (χ1v) is 14.3. The number of fused-ring (bicyclic) bond motifs is 2. The fraction of sp³-hybridized carbons (Fsp3) is 0.235. The number of nitrogens with one attached hydrogen (secondary N) is 2. The van der Waals surface area contributed by atoms with Crippen molar-refractivity contribution >= 4 is 11.3 Å². The van der Waals surface area contributed by atoms with Gasteiger partial charge in [-0.2, -0.15) is 0 Å². The minimum Gasteiger partial charge on any atom is -0.395 e. The highest BCUT2D eigenvalue weighted by molar-refractivity contribution is 5.83. The molecule has 6 rings (SSSR count). The molecular weight excluding hydrogens is 524 g/mol. The molecule has 0 saturated carbocycles. The van der Waals surface area contributed by atoms with Gasteiger partial charge in [-0.25, -0.2) is 9.97 Å². The largest absolute Gasteiger partial charge is 0.395 e. The van der Waals surface area contributed by atoms with Crippen molar-refractivity contribution in [3.63, 3.8) is 0 Å². The Balaban J connectivity index is 1.32. The second-order valence-electron chi connectivity index (χ2n) is 10.6. The molecule has 4 heterocycles. The standard InChI is InChI=1S/C34H36N6O2/c1-23-27(5-3-7-29(23)31-21-39-19-25(17-35-13-15-41)9-11-33(39)37-31)28-6-4-8-30(24(28)2)32-22-40-20-26(18-36-14-16-42)10-12-34(40)38-32/h3-12,19-22,35-36,41-42H,13-18H2,1-2H3. The van der Waals surface area contributed by atoms with Crippen LogP contribution in [-0.4, -0.2) is 55.3 Å². The molecule has 0 unspecified atom stereocenters. The van der Waals surface area contributed by atoms with E-state index in [0.29, 0.717) is 26.2 Å². The number of nitrogens with zero attached hydrogens (tertiary/aromatic N) is 4. The smallest absolute Gasteiger partial charge is 0.137 e. The number of pyridine rings is 2. The van der Waals surface area contributed by atoms with Gasteiger partial charge in [0.2, 0.25) is 0 Å². The van der Waals surface area contributed by atoms with Gasteiger partial charge in [-0.05, 0) is 59.4 Å². The molecule has 0 saturated heterocycles. The van der Waals surface area contributed by atoms with E-state index in [-0.39, 0.29) is 13.2 Å². The molecule has 0 atom stereocenters. The van der Waals surface area contributed by atoms with Gasteiger partial charge in [0.15, 0.2) is 0 Å². The van der Waals surface area contributed by atoms with Gasteiger partial charge in [0, 0.05) is 62.1 Å². The van der Waals surface area contributed by atoms with Gasteiger partial charge in [-0.1, -0.05) is 48.5 Å². The molecule has 0 aliphatic rings. The molecule has 42 heavy (non-hydrogen) atoms. The zero-order valence-corrected chi connectivity index (χ0v) is 24.0. The number of aromatic nitrogens is 4. The monoisotopic (exact) mass is 560 g/mol. The molecule has 0 radical (unpaired) electrons. The van der Waals surface area contributed by atoms with Crippen molar-refractivity contribution in [3.8, 4) is 33.6 Å². The summed E-state index contributed by atoms with van der Waals surface area (Å²) in [6, 6.07) is 21.1. The van der Waals surface area contributed by atoms with Gasteiger partial charge >= 0.3 is 0 Å². The van der Waals surface area contributed by atoms with Crippen molar-refractivity contribution < 1.29 is 10.2 Å². The van der Waals surface area contributed by atoms with Crippen molar-refractivity contribution in [2.45, 2.75) is 26.9 Å². The zero-order chi connectivity index (χ0) is 29.1. The van der Waals surface area contributed by atoms with Crippen LogP contribution in [0.2, 0.25) is 0 Å². The summed E-state index contributed by atoms with van der Waals surface area (Å²) in [6.45, 7) is 7.13. The molecule has 6 aromatic rings. The first-order valence-electron chi connectivity index (χ1n) is 14.3. The Hall–Kier alpha value is -4.34. The maximum Gasteiger partial charge on any atom is 0.137 e. The number of rotatable bonds is 11. The van der Waals surface area contributed by atoms with Crippen LogP contribution in [0.4, 0.5) is 0 Å². The normalized spacial score (nSPS) is 11.6. The second kappa shape index (κ2) is 12.3. The molecule has 0 amide bonds. The molecule has 0 bridgehead atoms. The van der Waals surface area contributed by atoms with E-state index in [1.807, 2.05) is 12.1 Å². The summed E-state index contributed by atoms with van der Waals surface area (Å²) in [5, 5.41) is 24.6. The number of imidazole rings is 2. The molecule has 0 aliphatic heterocycles. The lowest BCUT2D eigenvalue weighted by molar-refractivity contribution is 0.291. The van der Waals surface area contributed by atoms with E-state index in [1.165, 1.54) is 22.3 Å². The summed E-state index contributed by atoms with van der Waals surface area (Å²) < 4.78 is 4.14. The maximum atomic E-state index is 9.05. The third-order valence-corrected chi connectivity index (χ3v) is 7.77. The highest BCUT2D eigenvalue weighted by Crippen LogP contribution is 2.36. The Bertz CT molecular complexity index is 1720. The van der Waals surface area contributed by atoms with Crippen LogP contribution in [0.5, 0.6) is 0 Å². The average molecular weight is 561 g/mol. The SMILES string of the molecule is Cc1c(-c2cn3cc(CNCCO)ccc3n2)cccc1-c1cccc(-c2cn3cc(CNCCO)ccc3n2)c1C. The lowest BCUT2D eigenvalue weighted by Crippen LogP contribution is -2.17. The van der Waals surface area contributed by atoms with Gasteiger partial charge in [-0.3, -0.25) is 0 Å². The molecule has 0 aliphatic carbocycles. The van der Waals surface area contributed by atoms with Crippen LogP contribution in [-0.2, 0) is 13.1 Å². The van der Waals surface area contributed by atoms with E-state index in [0.717, 1.165) is 44.9 Å². The third kappa shape index (κ3) is 5.57. The highest BCUT2D eigenvalue weighted by atomic mass is 16.3. The van der Waals surface area contributed by atoms with Crippen LogP contribution < -0.4 is 10.6 Å². The fourth-order valence-electron chi connectivity index (χ4n) is 5.58. The van der Waals surface area contributed by atoms with Crippen molar-refractivity contribution in [2.24, 2.45) is 0 Å². The highest BCUT2D eigenvalue weighted by Gasteiger charge is 2.16. The molecule has 8 heteroatoms. The van der Waals surface area contributed by atoms with Gasteiger partial charge in [0.25, 0.3) is 0 Å². The molecule has 4 aromatic heterocycles. The predicted octanol–water partition coefficient (Wildman–Crippen LogP) is 4.76. The number of aliphatic hydroxyl groups excluding tert-OH is 2. The van der Waals surface area contributed by atoms with E-state index < -0.39 is 0 Å². The van der Waals surface area contributed by atoms with Gasteiger partial charge < -0.3 is 29.6 Å². The van der Waals surface area contributed by atoms with Crippen molar-refractivity contribution in [2.75, 3.05) is 26.3 Å². The van der Waals surface area contributed by atoms with Crippen LogP contribution >= 0.6 is 0 Å². The number of benzene rings is 2. The van der Waals surface area contributed by atoms with Gasteiger partial charge in [0.1, 0.15) is 11.3 Å². The average Bonchev–Trinajstić information content (AvgIpc) is 3.61. The van der Waals surface area contributed by atoms with E-state index in [1.54, 1.807) is 0 Å². The molecule has 0 fully saturated rings. The van der Waals surface area contributed by atoms with Crippen LogP contribution in [0.15, 0.2) is 85.5 Å². The summed E-state index contributed by atoms with van der Waals surface area (Å²) in [4.78, 5) is 9.86. The predicted molar refractivity (Wildman–Crippen MR) is 167 cm³/mol. The molecule has 0 spiro atoms. The Labute approximate surface area is 245 Å². The van der Waals surface area contributed by atoms with Crippen LogP contribution in [0.3, 0.4) is 0 Å². The molecule has 214 valence electrons. The van der Waals surface area contributed by atoms with Crippen LogP contribution in [0.25, 0.3) is 44.9 Å².